The molecule has 20 heavy (non-hydrogen) atoms. The number of hydrogen-bond acceptors (Lipinski definition) is 6. The molecule has 0 aliphatic carbocycles. The number of carbonyl (C=O) groups is 1. The Kier molecular flexibility index (Phi) is 4.01. The van der Waals surface area contributed by atoms with Crippen LogP contribution in [-0.2, 0) is 14.8 Å². The molecule has 1 amide bonds. The lowest BCUT2D eigenvalue weighted by molar-refractivity contribution is -0.387. The Morgan fingerprint density at radius 1 is 1.40 bits per heavy atom. The molecule has 110 valence electrons. The molecule has 0 unspecified atom stereocenters. The van der Waals surface area contributed by atoms with Gasteiger partial charge in [-0.3, -0.25) is 14.9 Å². The van der Waals surface area contributed by atoms with E-state index in [9.17, 15) is 23.3 Å². The van der Waals surface area contributed by atoms with E-state index in [-0.39, 0.29) is 5.69 Å². The lowest BCUT2D eigenvalue weighted by atomic mass is 10.1. The first-order chi connectivity index (χ1) is 8.97. The molecule has 0 bridgehead atoms. The van der Waals surface area contributed by atoms with Crippen LogP contribution in [0, 0.1) is 10.1 Å². The van der Waals surface area contributed by atoms with Crippen LogP contribution in [0.4, 0.5) is 11.4 Å². The summed E-state index contributed by atoms with van der Waals surface area (Å²) in [4.78, 5) is 20.5. The third kappa shape index (κ3) is 3.22. The van der Waals surface area contributed by atoms with Gasteiger partial charge in [-0.15, -0.1) is 0 Å². The van der Waals surface area contributed by atoms with Crippen LogP contribution in [0.1, 0.15) is 13.8 Å². The van der Waals surface area contributed by atoms with Crippen molar-refractivity contribution in [2.75, 3.05) is 5.73 Å². The number of nitrogens with zero attached hydrogens (tertiary/aromatic N) is 1. The second kappa shape index (κ2) is 5.06. The van der Waals surface area contributed by atoms with Crippen LogP contribution in [0.25, 0.3) is 0 Å². The van der Waals surface area contributed by atoms with Crippen molar-refractivity contribution in [2.45, 2.75) is 24.3 Å². The summed E-state index contributed by atoms with van der Waals surface area (Å²) in [5, 5.41) is 10.9. The van der Waals surface area contributed by atoms with Gasteiger partial charge < -0.3 is 11.5 Å². The topological polar surface area (TPSA) is 158 Å². The van der Waals surface area contributed by atoms with Crippen molar-refractivity contribution in [1.82, 2.24) is 4.72 Å². The Bertz CT molecular complexity index is 668. The molecule has 1 aromatic carbocycles. The lowest BCUT2D eigenvalue weighted by Crippen LogP contribution is -2.52. The molecule has 9 nitrogen and oxygen atoms in total. The molecular formula is C10H14N4O5S. The van der Waals surface area contributed by atoms with Crippen molar-refractivity contribution in [3.63, 3.8) is 0 Å². The minimum Gasteiger partial charge on any atom is -0.399 e. The number of nitrogen functional groups attached to an aromatic ring is 1. The fourth-order valence-corrected chi connectivity index (χ4v) is 2.93. The van der Waals surface area contributed by atoms with Gasteiger partial charge in [-0.1, -0.05) is 0 Å². The third-order valence-corrected chi connectivity index (χ3v) is 4.16. The summed E-state index contributed by atoms with van der Waals surface area (Å²) in [5.74, 6) is -0.923. The largest absolute Gasteiger partial charge is 0.399 e. The van der Waals surface area contributed by atoms with Crippen molar-refractivity contribution < 1.29 is 18.1 Å². The zero-order chi connectivity index (χ0) is 15.7. The summed E-state index contributed by atoms with van der Waals surface area (Å²) in [7, 11) is -4.33. The number of anilines is 1. The van der Waals surface area contributed by atoms with Crippen LogP contribution in [-0.4, -0.2) is 24.8 Å². The molecule has 0 radical (unpaired) electrons. The van der Waals surface area contributed by atoms with Crippen LogP contribution < -0.4 is 16.2 Å². The number of nitro groups is 1. The molecule has 0 atom stereocenters. The Hall–Kier alpha value is -2.20. The van der Waals surface area contributed by atoms with E-state index in [1.807, 2.05) is 4.72 Å². The number of carbonyl (C=O) groups excluding carboxylic acids is 1. The second-order valence-corrected chi connectivity index (χ2v) is 6.23. The van der Waals surface area contributed by atoms with Gasteiger partial charge >= 0.3 is 0 Å². The van der Waals surface area contributed by atoms with Gasteiger partial charge in [0.1, 0.15) is 5.54 Å². The molecule has 0 aliphatic rings. The average molecular weight is 302 g/mol. The van der Waals surface area contributed by atoms with Crippen LogP contribution in [0.3, 0.4) is 0 Å². The molecule has 0 fully saturated rings. The highest BCUT2D eigenvalue weighted by molar-refractivity contribution is 7.89. The first-order valence-corrected chi connectivity index (χ1v) is 6.83. The number of sulfonamides is 1. The van der Waals surface area contributed by atoms with Gasteiger partial charge in [0, 0.05) is 11.8 Å². The van der Waals surface area contributed by atoms with E-state index in [0.29, 0.717) is 0 Å². The Balaban J connectivity index is 3.40. The van der Waals surface area contributed by atoms with Crippen molar-refractivity contribution in [1.29, 1.82) is 0 Å². The van der Waals surface area contributed by atoms with E-state index in [4.69, 9.17) is 11.5 Å². The normalized spacial score (nSPS) is 12.1. The smallest absolute Gasteiger partial charge is 0.289 e. The van der Waals surface area contributed by atoms with Gasteiger partial charge in [0.15, 0.2) is 4.90 Å². The van der Waals surface area contributed by atoms with Gasteiger partial charge in [-0.25, -0.2) is 8.42 Å². The van der Waals surface area contributed by atoms with E-state index in [2.05, 4.69) is 0 Å². The minimum atomic E-state index is -4.33. The first kappa shape index (κ1) is 15.9. The quantitative estimate of drug-likeness (QED) is 0.385. The van der Waals surface area contributed by atoms with Gasteiger partial charge in [-0.05, 0) is 26.0 Å². The fraction of sp³-hybridized carbons (Fsp3) is 0.300. The number of amides is 1. The van der Waals surface area contributed by atoms with Gasteiger partial charge in [0.25, 0.3) is 5.69 Å². The SMILES string of the molecule is CC(C)(NS(=O)(=O)c1cc(N)ccc1[N+](=O)[O-])C(N)=O. The zero-order valence-electron chi connectivity index (χ0n) is 10.8. The van der Waals surface area contributed by atoms with Gasteiger partial charge in [0.2, 0.25) is 15.9 Å². The molecule has 5 N–H and O–H groups in total. The molecule has 0 saturated heterocycles. The second-order valence-electron chi connectivity index (χ2n) is 4.58. The van der Waals surface area contributed by atoms with Crippen LogP contribution in [0.15, 0.2) is 23.1 Å². The predicted molar refractivity (Wildman–Crippen MR) is 71.1 cm³/mol. The van der Waals surface area contributed by atoms with Crippen molar-refractivity contribution in [3.8, 4) is 0 Å². The zero-order valence-corrected chi connectivity index (χ0v) is 11.6. The third-order valence-electron chi connectivity index (χ3n) is 2.48. The molecular weight excluding hydrogens is 288 g/mol. The maximum atomic E-state index is 12.2. The number of nitrogens with two attached hydrogens (primary N) is 2. The number of rotatable bonds is 5. The summed E-state index contributed by atoms with van der Waals surface area (Å²) in [6, 6.07) is 3.12. The van der Waals surface area contributed by atoms with Crippen LogP contribution >= 0.6 is 0 Å². The molecule has 0 spiro atoms. The van der Waals surface area contributed by atoms with E-state index < -0.39 is 37.0 Å². The summed E-state index contributed by atoms with van der Waals surface area (Å²) < 4.78 is 26.3. The Morgan fingerprint density at radius 3 is 2.40 bits per heavy atom. The molecule has 1 aromatic rings. The minimum absolute atomic E-state index is 0.0351. The molecule has 10 heteroatoms. The van der Waals surface area contributed by atoms with Gasteiger partial charge in [0.05, 0.1) is 4.92 Å². The average Bonchev–Trinajstić information content (AvgIpc) is 2.26. The number of nitro benzene ring substituents is 1. The Labute approximate surface area is 115 Å². The highest BCUT2D eigenvalue weighted by Gasteiger charge is 2.34. The summed E-state index contributed by atoms with van der Waals surface area (Å²) in [6.45, 7) is 2.48. The summed E-state index contributed by atoms with van der Waals surface area (Å²) >= 11 is 0. The maximum absolute atomic E-state index is 12.2. The number of benzene rings is 1. The highest BCUT2D eigenvalue weighted by Crippen LogP contribution is 2.26. The molecule has 0 aromatic heterocycles. The summed E-state index contributed by atoms with van der Waals surface area (Å²) in [6.07, 6.45) is 0. The predicted octanol–water partition coefficient (Wildman–Crippen LogP) is -0.281. The van der Waals surface area contributed by atoms with Crippen molar-refractivity contribution >= 4 is 27.3 Å². The number of hydrogen-bond donors (Lipinski definition) is 3. The number of primary amides is 1. The standard InChI is InChI=1S/C10H14N4O5S/c1-10(2,9(12)15)13-20(18,19)8-5-6(11)3-4-7(8)14(16)17/h3-5,13H,11H2,1-2H3,(H2,12,15). The fourth-order valence-electron chi connectivity index (χ4n) is 1.34. The lowest BCUT2D eigenvalue weighted by Gasteiger charge is -2.21. The maximum Gasteiger partial charge on any atom is 0.289 e. The molecule has 0 aliphatic heterocycles. The first-order valence-electron chi connectivity index (χ1n) is 5.35. The Morgan fingerprint density at radius 2 is 1.95 bits per heavy atom. The molecule has 0 heterocycles. The van der Waals surface area contributed by atoms with Crippen LogP contribution in [0.2, 0.25) is 0 Å². The summed E-state index contributed by atoms with van der Waals surface area (Å²) in [5.41, 5.74) is 8.29. The molecule has 0 saturated carbocycles. The van der Waals surface area contributed by atoms with E-state index >= 15 is 0 Å². The van der Waals surface area contributed by atoms with E-state index in [0.717, 1.165) is 12.1 Å². The molecule has 1 rings (SSSR count). The monoisotopic (exact) mass is 302 g/mol. The van der Waals surface area contributed by atoms with Crippen molar-refractivity contribution in [2.24, 2.45) is 5.73 Å². The van der Waals surface area contributed by atoms with E-state index in [1.54, 1.807) is 0 Å². The van der Waals surface area contributed by atoms with Crippen LogP contribution in [0.5, 0.6) is 0 Å². The van der Waals surface area contributed by atoms with Crippen molar-refractivity contribution in [3.05, 3.63) is 28.3 Å². The van der Waals surface area contributed by atoms with Gasteiger partial charge in [-0.2, -0.15) is 4.72 Å². The van der Waals surface area contributed by atoms with E-state index in [1.165, 1.54) is 19.9 Å². The highest BCUT2D eigenvalue weighted by atomic mass is 32.2. The number of nitrogens with one attached hydrogen (secondary N) is 1.